The van der Waals surface area contributed by atoms with Crippen molar-refractivity contribution in [3.8, 4) is 11.1 Å². The molecule has 0 spiro atoms. The molecule has 9 heteroatoms. The number of thioether (sulfide) groups is 1. The van der Waals surface area contributed by atoms with Gasteiger partial charge in [-0.15, -0.1) is 0 Å². The van der Waals surface area contributed by atoms with Crippen LogP contribution in [0.25, 0.3) is 11.1 Å². The summed E-state index contributed by atoms with van der Waals surface area (Å²) in [4.78, 5) is 25.5. The van der Waals surface area contributed by atoms with E-state index in [0.29, 0.717) is 42.4 Å². The summed E-state index contributed by atoms with van der Waals surface area (Å²) in [5.74, 6) is -0.852. The van der Waals surface area contributed by atoms with Crippen molar-refractivity contribution < 1.29 is 33.6 Å². The van der Waals surface area contributed by atoms with E-state index in [1.807, 2.05) is 63.4 Å². The summed E-state index contributed by atoms with van der Waals surface area (Å²) in [6, 6.07) is 12.4. The highest BCUT2D eigenvalue weighted by atomic mass is 32.2. The summed E-state index contributed by atoms with van der Waals surface area (Å²) >= 11 is 1.55. The lowest BCUT2D eigenvalue weighted by Gasteiger charge is -2.29. The lowest BCUT2D eigenvalue weighted by molar-refractivity contribution is -0.198. The fourth-order valence-corrected chi connectivity index (χ4v) is 6.62. The van der Waals surface area contributed by atoms with Crippen molar-refractivity contribution in [2.24, 2.45) is 5.92 Å². The van der Waals surface area contributed by atoms with Gasteiger partial charge in [-0.25, -0.2) is 4.79 Å². The van der Waals surface area contributed by atoms with Gasteiger partial charge >= 0.3 is 5.97 Å². The van der Waals surface area contributed by atoms with Crippen LogP contribution in [-0.2, 0) is 23.7 Å². The Labute approximate surface area is 266 Å². The van der Waals surface area contributed by atoms with Crippen LogP contribution in [-0.4, -0.2) is 66.2 Å². The zero-order valence-electron chi connectivity index (χ0n) is 26.8. The van der Waals surface area contributed by atoms with Gasteiger partial charge < -0.3 is 29.4 Å². The number of aliphatic carboxylic acids is 1. The molecular weight excluding hydrogens is 578 g/mol. The number of amides is 1. The van der Waals surface area contributed by atoms with Crippen molar-refractivity contribution in [1.29, 1.82) is 0 Å². The molecule has 2 N–H and O–H groups in total. The second-order valence-electron chi connectivity index (χ2n) is 12.6. The minimum atomic E-state index is -1.04. The molecule has 242 valence electrons. The summed E-state index contributed by atoms with van der Waals surface area (Å²) in [5, 5.41) is 12.5. The first-order valence-corrected chi connectivity index (χ1v) is 17.3. The zero-order chi connectivity index (χ0) is 31.7. The first-order valence-electron chi connectivity index (χ1n) is 15.9. The molecule has 4 rings (SSSR count). The maximum absolute atomic E-state index is 13.6. The molecule has 0 aromatic heterocycles. The van der Waals surface area contributed by atoms with Crippen LogP contribution in [0.4, 0.5) is 0 Å². The molecule has 1 amide bonds. The predicted molar refractivity (Wildman–Crippen MR) is 174 cm³/mol. The summed E-state index contributed by atoms with van der Waals surface area (Å²) < 4.78 is 24.8. The van der Waals surface area contributed by atoms with Crippen LogP contribution in [0.5, 0.6) is 0 Å². The first-order chi connectivity index (χ1) is 21.1. The van der Waals surface area contributed by atoms with Crippen molar-refractivity contribution in [1.82, 2.24) is 5.32 Å². The Morgan fingerprint density at radius 1 is 1.11 bits per heavy atom. The van der Waals surface area contributed by atoms with Crippen LogP contribution < -0.4 is 5.32 Å². The number of carbonyl (C=O) groups excluding carboxylic acids is 1. The zero-order valence-corrected chi connectivity index (χ0v) is 27.6. The molecule has 1 saturated heterocycles. The molecule has 8 nitrogen and oxygen atoms in total. The van der Waals surface area contributed by atoms with E-state index in [0.717, 1.165) is 23.1 Å². The second kappa shape index (κ2) is 16.2. The molecule has 4 unspecified atom stereocenters. The molecule has 4 atom stereocenters. The summed E-state index contributed by atoms with van der Waals surface area (Å²) in [6.45, 7) is 8.61. The van der Waals surface area contributed by atoms with Crippen molar-refractivity contribution in [3.63, 3.8) is 0 Å². The molecule has 2 aromatic rings. The summed E-state index contributed by atoms with van der Waals surface area (Å²) in [7, 11) is 0. The topological polar surface area (TPSA) is 103 Å². The highest BCUT2D eigenvalue weighted by molar-refractivity contribution is 7.98. The van der Waals surface area contributed by atoms with Gasteiger partial charge in [0.1, 0.15) is 12.1 Å². The van der Waals surface area contributed by atoms with Crippen molar-refractivity contribution in [3.05, 3.63) is 59.2 Å². The fraction of sp³-hybridized carbons (Fsp3) is 0.600. The summed E-state index contributed by atoms with van der Waals surface area (Å²) in [6.07, 6.45) is 8.61. The molecule has 1 saturated carbocycles. The number of carboxylic acid groups (broad SMARTS) is 1. The van der Waals surface area contributed by atoms with Gasteiger partial charge in [-0.3, -0.25) is 4.79 Å². The van der Waals surface area contributed by atoms with Crippen LogP contribution >= 0.6 is 11.8 Å². The maximum atomic E-state index is 13.6. The third kappa shape index (κ3) is 9.78. The van der Waals surface area contributed by atoms with Crippen LogP contribution in [0.3, 0.4) is 0 Å². The van der Waals surface area contributed by atoms with E-state index < -0.39 is 30.0 Å². The van der Waals surface area contributed by atoms with E-state index in [2.05, 4.69) is 12.2 Å². The normalized spacial score (nSPS) is 20.6. The first kappa shape index (κ1) is 34.4. The minimum Gasteiger partial charge on any atom is -0.480 e. The molecular formula is C35H49NO7S. The van der Waals surface area contributed by atoms with E-state index in [9.17, 15) is 14.7 Å². The second-order valence-corrected chi connectivity index (χ2v) is 13.6. The number of nitrogens with one attached hydrogen (secondary N) is 1. The molecule has 0 radical (unpaired) electrons. The Kier molecular flexibility index (Phi) is 12.7. The number of carboxylic acids is 1. The van der Waals surface area contributed by atoms with E-state index >= 15 is 0 Å². The highest BCUT2D eigenvalue weighted by Crippen LogP contribution is 2.34. The SMILES string of the molecule is CSCCC(NC(=O)c1ccc(C(OCC2COC(C)(C)O2)OC(C)CC2CCCCC2)cc1-c1ccccc1C)C(=O)O. The summed E-state index contributed by atoms with van der Waals surface area (Å²) in [5.41, 5.74) is 3.77. The molecule has 2 fully saturated rings. The van der Waals surface area contributed by atoms with E-state index in [-0.39, 0.29) is 12.2 Å². The fourth-order valence-electron chi connectivity index (χ4n) is 6.15. The Morgan fingerprint density at radius 3 is 2.52 bits per heavy atom. The number of hydrogen-bond donors (Lipinski definition) is 2. The lowest BCUT2D eigenvalue weighted by atomic mass is 9.85. The van der Waals surface area contributed by atoms with Crippen LogP contribution in [0.2, 0.25) is 0 Å². The Morgan fingerprint density at radius 2 is 1.86 bits per heavy atom. The van der Waals surface area contributed by atoms with Crippen LogP contribution in [0, 0.1) is 12.8 Å². The Balaban J connectivity index is 1.64. The van der Waals surface area contributed by atoms with Gasteiger partial charge in [0.2, 0.25) is 0 Å². The lowest BCUT2D eigenvalue weighted by Crippen LogP contribution is -2.41. The van der Waals surface area contributed by atoms with Crippen molar-refractivity contribution >= 4 is 23.6 Å². The average molecular weight is 628 g/mol. The smallest absolute Gasteiger partial charge is 0.326 e. The monoisotopic (exact) mass is 627 g/mol. The van der Waals surface area contributed by atoms with Gasteiger partial charge in [-0.2, -0.15) is 11.8 Å². The molecule has 0 bridgehead atoms. The molecule has 2 aliphatic rings. The third-order valence-electron chi connectivity index (χ3n) is 8.46. The van der Waals surface area contributed by atoms with Gasteiger partial charge in [0.15, 0.2) is 12.1 Å². The predicted octanol–water partition coefficient (Wildman–Crippen LogP) is 7.14. The number of ether oxygens (including phenoxy) is 4. The quantitative estimate of drug-likeness (QED) is 0.201. The van der Waals surface area contributed by atoms with Gasteiger partial charge in [-0.1, -0.05) is 62.4 Å². The molecule has 1 aliphatic heterocycles. The Bertz CT molecular complexity index is 1250. The molecule has 1 heterocycles. The van der Waals surface area contributed by atoms with E-state index in [4.69, 9.17) is 18.9 Å². The number of hydrogen-bond acceptors (Lipinski definition) is 7. The van der Waals surface area contributed by atoms with Gasteiger partial charge in [0.05, 0.1) is 19.3 Å². The van der Waals surface area contributed by atoms with Crippen LogP contribution in [0.15, 0.2) is 42.5 Å². The number of carbonyl (C=O) groups is 2. The van der Waals surface area contributed by atoms with Gasteiger partial charge in [-0.05, 0) is 87.3 Å². The number of rotatable bonds is 15. The number of benzene rings is 2. The van der Waals surface area contributed by atoms with Crippen molar-refractivity contribution in [2.45, 2.75) is 103 Å². The van der Waals surface area contributed by atoms with E-state index in [1.165, 1.54) is 32.1 Å². The van der Waals surface area contributed by atoms with Crippen LogP contribution in [0.1, 0.15) is 93.5 Å². The third-order valence-corrected chi connectivity index (χ3v) is 9.10. The van der Waals surface area contributed by atoms with Gasteiger partial charge in [0, 0.05) is 11.1 Å². The number of aryl methyl sites for hydroxylation is 1. The molecule has 2 aromatic carbocycles. The van der Waals surface area contributed by atoms with E-state index in [1.54, 1.807) is 17.8 Å². The Hall–Kier alpha value is -2.43. The van der Waals surface area contributed by atoms with Crippen molar-refractivity contribution in [2.75, 3.05) is 25.2 Å². The van der Waals surface area contributed by atoms with Gasteiger partial charge in [0.25, 0.3) is 5.91 Å². The highest BCUT2D eigenvalue weighted by Gasteiger charge is 2.34. The maximum Gasteiger partial charge on any atom is 0.326 e. The largest absolute Gasteiger partial charge is 0.480 e. The minimum absolute atomic E-state index is 0.0297. The standard InChI is InChI=1S/C35H49NO7S/c1-23-11-9-10-14-28(23)30-20-26(15-16-29(30)32(37)36-31(33(38)39)17-18-44-5)34(40-21-27-22-41-35(3,4)43-27)42-24(2)19-25-12-7-6-8-13-25/h9-11,14-16,20,24-25,27,31,34H,6-8,12-13,17-19,21-22H2,1-5H3,(H,36,37)(H,38,39). The molecule has 1 aliphatic carbocycles. The average Bonchev–Trinajstić information content (AvgIpc) is 3.35. The molecule has 44 heavy (non-hydrogen) atoms.